The van der Waals surface area contributed by atoms with Crippen LogP contribution in [0.2, 0.25) is 0 Å². The number of allylic oxidation sites excluding steroid dienone is 1. The van der Waals surface area contributed by atoms with Crippen molar-refractivity contribution < 1.29 is 14.3 Å². The number of methoxy groups -OCH3 is 2. The van der Waals surface area contributed by atoms with Gasteiger partial charge in [-0.15, -0.1) is 0 Å². The Hall–Kier alpha value is -4.40. The second-order valence-corrected chi connectivity index (χ2v) is 8.91. The highest BCUT2D eigenvalue weighted by Crippen LogP contribution is 2.46. The molecule has 1 atom stereocenters. The van der Waals surface area contributed by atoms with Crippen molar-refractivity contribution in [1.82, 2.24) is 15.0 Å². The van der Waals surface area contributed by atoms with Gasteiger partial charge in [0.2, 0.25) is 5.95 Å². The van der Waals surface area contributed by atoms with Crippen LogP contribution in [0.3, 0.4) is 0 Å². The number of hydrazone groups is 1. The summed E-state index contributed by atoms with van der Waals surface area (Å²) in [6, 6.07) is 12.0. The van der Waals surface area contributed by atoms with Gasteiger partial charge in [-0.2, -0.15) is 10.1 Å². The van der Waals surface area contributed by atoms with Crippen molar-refractivity contribution in [2.75, 3.05) is 25.7 Å². The van der Waals surface area contributed by atoms with Crippen LogP contribution in [0.4, 0.5) is 11.8 Å². The maximum Gasteiger partial charge on any atom is 0.221 e. The van der Waals surface area contributed by atoms with Crippen LogP contribution in [0.15, 0.2) is 60.0 Å². The summed E-state index contributed by atoms with van der Waals surface area (Å²) < 4.78 is 11.1. The molecule has 2 aliphatic rings. The van der Waals surface area contributed by atoms with Crippen LogP contribution in [-0.2, 0) is 6.42 Å². The van der Waals surface area contributed by atoms with Gasteiger partial charge >= 0.3 is 0 Å². The molecule has 36 heavy (non-hydrogen) atoms. The third-order valence-electron chi connectivity index (χ3n) is 6.49. The number of anilines is 2. The third kappa shape index (κ3) is 4.59. The molecule has 9 nitrogen and oxygen atoms in total. The number of nitrogen functional groups attached to an aromatic ring is 2. The predicted molar refractivity (Wildman–Crippen MR) is 138 cm³/mol. The van der Waals surface area contributed by atoms with Crippen molar-refractivity contribution in [2.24, 2.45) is 11.0 Å². The predicted octanol–water partition coefficient (Wildman–Crippen LogP) is 3.75. The van der Waals surface area contributed by atoms with Crippen molar-refractivity contribution in [1.29, 1.82) is 0 Å². The van der Waals surface area contributed by atoms with Crippen LogP contribution in [0, 0.1) is 5.92 Å². The van der Waals surface area contributed by atoms with E-state index >= 15 is 0 Å². The Labute approximate surface area is 209 Å². The lowest BCUT2D eigenvalue weighted by molar-refractivity contribution is 0.104. The monoisotopic (exact) mass is 484 g/mol. The highest BCUT2D eigenvalue weighted by atomic mass is 16.5. The summed E-state index contributed by atoms with van der Waals surface area (Å²) >= 11 is 0. The Morgan fingerprint density at radius 1 is 1.17 bits per heavy atom. The number of hydrogen-bond donors (Lipinski definition) is 2. The van der Waals surface area contributed by atoms with Crippen LogP contribution in [-0.4, -0.2) is 41.2 Å². The maximum atomic E-state index is 13.4. The minimum Gasteiger partial charge on any atom is -0.493 e. The van der Waals surface area contributed by atoms with E-state index in [9.17, 15) is 4.79 Å². The van der Waals surface area contributed by atoms with E-state index in [0.29, 0.717) is 40.8 Å². The fraction of sp³-hybridized carbons (Fsp3) is 0.259. The van der Waals surface area contributed by atoms with E-state index in [0.717, 1.165) is 24.0 Å². The summed E-state index contributed by atoms with van der Waals surface area (Å²) in [5.41, 5.74) is 15.9. The molecule has 0 saturated heterocycles. The molecule has 2 aromatic carbocycles. The standard InChI is InChI=1S/C27H28N6O3/c1-35-23-13-16(11-19-14-30-27(29)32-26(19)28)12-21(25(23)36-2)22(34)9-10-33-24(17-7-8-17)20-6-4-3-5-18(20)15-31-33/h3-6,9-10,12-15,17,24H,7-8,11H2,1-2H3,(H4,28,29,30,32)/b10-9+/t24-/m0/s1. The molecule has 1 aliphatic heterocycles. The second kappa shape index (κ2) is 9.69. The van der Waals surface area contributed by atoms with Gasteiger partial charge in [-0.25, -0.2) is 4.98 Å². The van der Waals surface area contributed by atoms with Crippen LogP contribution in [0.1, 0.15) is 51.5 Å². The lowest BCUT2D eigenvalue weighted by atomic mass is 9.95. The van der Waals surface area contributed by atoms with Crippen molar-refractivity contribution >= 4 is 23.8 Å². The van der Waals surface area contributed by atoms with Gasteiger partial charge in [-0.05, 0) is 47.6 Å². The van der Waals surface area contributed by atoms with Crippen LogP contribution in [0.25, 0.3) is 0 Å². The second-order valence-electron chi connectivity index (χ2n) is 8.91. The molecule has 1 aliphatic carbocycles. The summed E-state index contributed by atoms with van der Waals surface area (Å²) in [6.45, 7) is 0. The Morgan fingerprint density at radius 2 is 1.97 bits per heavy atom. The van der Waals surface area contributed by atoms with Gasteiger partial charge in [-0.1, -0.05) is 24.3 Å². The number of aromatic nitrogens is 2. The molecule has 1 saturated carbocycles. The third-order valence-corrected chi connectivity index (χ3v) is 6.49. The molecule has 9 heteroatoms. The smallest absolute Gasteiger partial charge is 0.221 e. The number of fused-ring (bicyclic) bond motifs is 1. The Kier molecular flexibility index (Phi) is 6.28. The number of carbonyl (C=O) groups is 1. The molecule has 4 N–H and O–H groups in total. The number of nitrogens with zero attached hydrogens (tertiary/aromatic N) is 4. The Morgan fingerprint density at radius 3 is 2.69 bits per heavy atom. The summed E-state index contributed by atoms with van der Waals surface area (Å²) in [5.74, 6) is 1.51. The first-order valence-electron chi connectivity index (χ1n) is 11.7. The summed E-state index contributed by atoms with van der Waals surface area (Å²) in [5, 5.41) is 6.51. The molecule has 0 spiro atoms. The van der Waals surface area contributed by atoms with E-state index in [1.807, 2.05) is 29.4 Å². The number of ether oxygens (including phenoxy) is 2. The molecule has 184 valence electrons. The lowest BCUT2D eigenvalue weighted by Crippen LogP contribution is -2.25. The van der Waals surface area contributed by atoms with Crippen LogP contribution in [0.5, 0.6) is 11.5 Å². The van der Waals surface area contributed by atoms with Crippen molar-refractivity contribution in [3.8, 4) is 11.5 Å². The van der Waals surface area contributed by atoms with Gasteiger partial charge in [0, 0.05) is 30.5 Å². The molecule has 0 bridgehead atoms. The number of ketones is 1. The summed E-state index contributed by atoms with van der Waals surface area (Å²) in [6.07, 6.45) is 9.40. The van der Waals surface area contributed by atoms with E-state index in [-0.39, 0.29) is 17.8 Å². The highest BCUT2D eigenvalue weighted by Gasteiger charge is 2.38. The van der Waals surface area contributed by atoms with Crippen molar-refractivity contribution in [2.45, 2.75) is 25.3 Å². The maximum absolute atomic E-state index is 13.4. The van der Waals surface area contributed by atoms with E-state index in [2.05, 4.69) is 27.2 Å². The van der Waals surface area contributed by atoms with E-state index in [4.69, 9.17) is 20.9 Å². The zero-order chi connectivity index (χ0) is 25.2. The summed E-state index contributed by atoms with van der Waals surface area (Å²) in [7, 11) is 3.05. The Bertz CT molecular complexity index is 1370. The van der Waals surface area contributed by atoms with Crippen LogP contribution < -0.4 is 20.9 Å². The quantitative estimate of drug-likeness (QED) is 0.365. The largest absolute Gasteiger partial charge is 0.493 e. The van der Waals surface area contributed by atoms with Gasteiger partial charge < -0.3 is 20.9 Å². The number of rotatable bonds is 8. The highest BCUT2D eigenvalue weighted by molar-refractivity contribution is 6.07. The Balaban J connectivity index is 1.45. The SMILES string of the molecule is COc1cc(Cc2cnc(N)nc2N)cc(C(=O)/C=C/N2N=Cc3ccccc3[C@@H]2C2CC2)c1OC. The molecule has 0 unspecified atom stereocenters. The lowest BCUT2D eigenvalue weighted by Gasteiger charge is -2.31. The minimum absolute atomic E-state index is 0.108. The molecular weight excluding hydrogens is 456 g/mol. The first-order valence-corrected chi connectivity index (χ1v) is 11.7. The molecule has 1 fully saturated rings. The fourth-order valence-corrected chi connectivity index (χ4v) is 4.58. The fourth-order valence-electron chi connectivity index (χ4n) is 4.58. The topological polar surface area (TPSA) is 129 Å². The average Bonchev–Trinajstić information content (AvgIpc) is 3.73. The zero-order valence-corrected chi connectivity index (χ0v) is 20.2. The molecule has 1 aromatic heterocycles. The summed E-state index contributed by atoms with van der Waals surface area (Å²) in [4.78, 5) is 21.5. The average molecular weight is 485 g/mol. The number of hydrogen-bond acceptors (Lipinski definition) is 9. The van der Waals surface area contributed by atoms with Gasteiger partial charge in [0.05, 0.1) is 32.0 Å². The van der Waals surface area contributed by atoms with Gasteiger partial charge in [0.25, 0.3) is 0 Å². The molecule has 5 rings (SSSR count). The van der Waals surface area contributed by atoms with Gasteiger partial charge in [-0.3, -0.25) is 9.80 Å². The molecule has 3 aromatic rings. The van der Waals surface area contributed by atoms with E-state index in [1.165, 1.54) is 25.9 Å². The minimum atomic E-state index is -0.225. The first kappa shape index (κ1) is 23.3. The van der Waals surface area contributed by atoms with Crippen molar-refractivity contribution in [3.63, 3.8) is 0 Å². The normalized spacial score (nSPS) is 16.7. The molecular formula is C27H28N6O3. The zero-order valence-electron chi connectivity index (χ0n) is 20.2. The number of nitrogens with two attached hydrogens (primary N) is 2. The molecule has 2 heterocycles. The van der Waals surface area contributed by atoms with E-state index < -0.39 is 0 Å². The first-order chi connectivity index (χ1) is 17.5. The number of benzene rings is 2. The van der Waals surface area contributed by atoms with Crippen LogP contribution >= 0.6 is 0 Å². The molecule has 0 amide bonds. The van der Waals surface area contributed by atoms with E-state index in [1.54, 1.807) is 18.5 Å². The molecule has 0 radical (unpaired) electrons. The van der Waals surface area contributed by atoms with Gasteiger partial charge in [0.15, 0.2) is 17.3 Å². The number of carbonyl (C=O) groups excluding carboxylic acids is 1. The van der Waals surface area contributed by atoms with Gasteiger partial charge in [0.1, 0.15) is 5.82 Å². The van der Waals surface area contributed by atoms with Crippen molar-refractivity contribution in [3.05, 3.63) is 82.7 Å².